The number of ether oxygens (including phenoxy) is 1. The fourth-order valence-electron chi connectivity index (χ4n) is 3.35. The topological polar surface area (TPSA) is 58.6 Å². The first-order valence-electron chi connectivity index (χ1n) is 9.47. The lowest BCUT2D eigenvalue weighted by atomic mass is 9.92. The number of hydrogen-bond donors (Lipinski definition) is 1. The van der Waals surface area contributed by atoms with E-state index < -0.39 is 10.0 Å². The van der Waals surface area contributed by atoms with E-state index in [1.807, 2.05) is 18.2 Å². The van der Waals surface area contributed by atoms with Crippen molar-refractivity contribution in [3.05, 3.63) is 70.8 Å². The van der Waals surface area contributed by atoms with Crippen LogP contribution in [0, 0.1) is 0 Å². The van der Waals surface area contributed by atoms with E-state index in [0.717, 1.165) is 29.8 Å². The average molecular weight is 401 g/mol. The quantitative estimate of drug-likeness (QED) is 0.776. The van der Waals surface area contributed by atoms with E-state index in [2.05, 4.69) is 54.1 Å². The first kappa shape index (κ1) is 20.6. The molecule has 0 atom stereocenters. The Morgan fingerprint density at radius 2 is 1.93 bits per heavy atom. The van der Waals surface area contributed by atoms with Crippen LogP contribution in [0.2, 0.25) is 0 Å². The Kier molecular flexibility index (Phi) is 6.54. The number of nitrogens with zero attached hydrogens (tertiary/aromatic N) is 1. The van der Waals surface area contributed by atoms with Gasteiger partial charge in [0.1, 0.15) is 12.4 Å². The van der Waals surface area contributed by atoms with Gasteiger partial charge >= 0.3 is 0 Å². The van der Waals surface area contributed by atoms with Gasteiger partial charge in [-0.15, -0.1) is 0 Å². The Labute approximate surface area is 168 Å². The van der Waals surface area contributed by atoms with Crippen LogP contribution in [0.5, 0.6) is 5.75 Å². The Bertz CT molecular complexity index is 965. The van der Waals surface area contributed by atoms with Crippen LogP contribution in [0.3, 0.4) is 0 Å². The van der Waals surface area contributed by atoms with Crippen LogP contribution in [0.4, 0.5) is 0 Å². The summed E-state index contributed by atoms with van der Waals surface area (Å²) in [5.74, 6) is 0.868. The molecule has 0 fully saturated rings. The number of rotatable bonds is 7. The lowest BCUT2D eigenvalue weighted by molar-refractivity contribution is 0.307. The third-order valence-corrected chi connectivity index (χ3v) is 5.46. The van der Waals surface area contributed by atoms with Gasteiger partial charge in [0.2, 0.25) is 10.0 Å². The molecular formula is C22H28N2O3S. The Morgan fingerprint density at radius 3 is 2.68 bits per heavy atom. The fourth-order valence-corrected chi connectivity index (χ4v) is 3.82. The molecule has 2 aromatic carbocycles. The fraction of sp³-hybridized carbons (Fsp3) is 0.364. The standard InChI is InChI=1S/C22H28N2O3S/c1-24(2)14-6-9-20-19-8-5-4-7-18(19)16-27-22-11-10-17(15-21(20)22)12-13-23-28(3,25)26/h4-5,7-11,15,23H,6,12-14,16H2,1-3H3. The number of fused-ring (bicyclic) bond motifs is 2. The van der Waals surface area contributed by atoms with E-state index in [4.69, 9.17) is 4.74 Å². The van der Waals surface area contributed by atoms with Crippen LogP contribution >= 0.6 is 0 Å². The van der Waals surface area contributed by atoms with Crippen molar-refractivity contribution in [1.29, 1.82) is 0 Å². The monoisotopic (exact) mass is 400 g/mol. The van der Waals surface area contributed by atoms with E-state index in [9.17, 15) is 8.42 Å². The van der Waals surface area contributed by atoms with E-state index in [0.29, 0.717) is 19.6 Å². The molecule has 0 spiro atoms. The van der Waals surface area contributed by atoms with Gasteiger partial charge in [0.15, 0.2) is 0 Å². The molecule has 5 nitrogen and oxygen atoms in total. The highest BCUT2D eigenvalue weighted by molar-refractivity contribution is 7.88. The molecule has 0 radical (unpaired) electrons. The summed E-state index contributed by atoms with van der Waals surface area (Å²) in [6.07, 6.45) is 5.04. The lowest BCUT2D eigenvalue weighted by Gasteiger charge is -2.14. The summed E-state index contributed by atoms with van der Waals surface area (Å²) in [6, 6.07) is 14.5. The minimum absolute atomic E-state index is 0.384. The van der Waals surface area contributed by atoms with Crippen molar-refractivity contribution >= 4 is 15.6 Å². The first-order chi connectivity index (χ1) is 13.3. The number of hydrogen-bond acceptors (Lipinski definition) is 4. The predicted octanol–water partition coefficient (Wildman–Crippen LogP) is 3.05. The molecule has 28 heavy (non-hydrogen) atoms. The molecule has 150 valence electrons. The van der Waals surface area contributed by atoms with E-state index in [1.54, 1.807) is 0 Å². The molecular weight excluding hydrogens is 372 g/mol. The van der Waals surface area contributed by atoms with Crippen LogP contribution in [0.25, 0.3) is 5.57 Å². The summed E-state index contributed by atoms with van der Waals surface area (Å²) in [5.41, 5.74) is 5.71. The van der Waals surface area contributed by atoms with Crippen molar-refractivity contribution < 1.29 is 13.2 Å². The molecule has 0 unspecified atom stereocenters. The van der Waals surface area contributed by atoms with Crippen molar-refractivity contribution in [2.75, 3.05) is 33.4 Å². The SMILES string of the molecule is CN(C)CCC=C1c2ccccc2COc2ccc(CCNS(C)(=O)=O)cc21. The van der Waals surface area contributed by atoms with Gasteiger partial charge in [-0.3, -0.25) is 0 Å². The molecule has 0 saturated heterocycles. The van der Waals surface area contributed by atoms with Crippen LogP contribution in [-0.4, -0.2) is 46.8 Å². The van der Waals surface area contributed by atoms with Gasteiger partial charge in [0.05, 0.1) is 6.26 Å². The molecule has 6 heteroatoms. The van der Waals surface area contributed by atoms with Crippen molar-refractivity contribution in [2.24, 2.45) is 0 Å². The highest BCUT2D eigenvalue weighted by Crippen LogP contribution is 2.37. The van der Waals surface area contributed by atoms with Gasteiger partial charge in [-0.25, -0.2) is 13.1 Å². The summed E-state index contributed by atoms with van der Waals surface area (Å²) in [5, 5.41) is 0. The van der Waals surface area contributed by atoms with E-state index >= 15 is 0 Å². The molecule has 2 aromatic rings. The zero-order chi connectivity index (χ0) is 20.1. The van der Waals surface area contributed by atoms with Gasteiger partial charge in [-0.2, -0.15) is 0 Å². The zero-order valence-electron chi connectivity index (χ0n) is 16.7. The Hall–Kier alpha value is -2.15. The second-order valence-electron chi connectivity index (χ2n) is 7.40. The predicted molar refractivity (Wildman–Crippen MR) is 114 cm³/mol. The van der Waals surface area contributed by atoms with Crippen molar-refractivity contribution in [3.63, 3.8) is 0 Å². The van der Waals surface area contributed by atoms with Crippen LogP contribution in [0.1, 0.15) is 28.7 Å². The average Bonchev–Trinajstić information content (AvgIpc) is 2.78. The Morgan fingerprint density at radius 1 is 1.14 bits per heavy atom. The lowest BCUT2D eigenvalue weighted by Crippen LogP contribution is -2.24. The third-order valence-electron chi connectivity index (χ3n) is 4.73. The zero-order valence-corrected chi connectivity index (χ0v) is 17.6. The molecule has 0 amide bonds. The molecule has 3 rings (SSSR count). The van der Waals surface area contributed by atoms with Crippen LogP contribution in [0.15, 0.2) is 48.5 Å². The van der Waals surface area contributed by atoms with Gasteiger partial charge in [-0.05, 0) is 61.3 Å². The van der Waals surface area contributed by atoms with Gasteiger partial charge in [-0.1, -0.05) is 36.4 Å². The Balaban J connectivity index is 1.95. The maximum absolute atomic E-state index is 11.3. The first-order valence-corrected chi connectivity index (χ1v) is 11.4. The van der Waals surface area contributed by atoms with E-state index in [1.165, 1.54) is 23.0 Å². The van der Waals surface area contributed by atoms with Crippen LogP contribution < -0.4 is 9.46 Å². The normalized spacial score (nSPS) is 15.1. The molecule has 1 heterocycles. The van der Waals surface area contributed by atoms with Gasteiger partial charge < -0.3 is 9.64 Å². The van der Waals surface area contributed by atoms with Gasteiger partial charge in [0.25, 0.3) is 0 Å². The number of benzene rings is 2. The third kappa shape index (κ3) is 5.44. The van der Waals surface area contributed by atoms with Crippen LogP contribution in [-0.2, 0) is 23.1 Å². The molecule has 0 aliphatic carbocycles. The highest BCUT2D eigenvalue weighted by atomic mass is 32.2. The van der Waals surface area contributed by atoms with Crippen molar-refractivity contribution in [3.8, 4) is 5.75 Å². The minimum atomic E-state index is -3.18. The second kappa shape index (κ2) is 8.90. The molecule has 1 aliphatic heterocycles. The van der Waals surface area contributed by atoms with Crippen molar-refractivity contribution in [2.45, 2.75) is 19.4 Å². The molecule has 1 N–H and O–H groups in total. The summed E-state index contributed by atoms with van der Waals surface area (Å²) in [6.45, 7) is 1.90. The minimum Gasteiger partial charge on any atom is -0.488 e. The molecule has 1 aliphatic rings. The van der Waals surface area contributed by atoms with E-state index in [-0.39, 0.29) is 0 Å². The summed E-state index contributed by atoms with van der Waals surface area (Å²) < 4.78 is 31.3. The largest absolute Gasteiger partial charge is 0.488 e. The molecule has 0 bridgehead atoms. The maximum atomic E-state index is 11.3. The summed E-state index contributed by atoms with van der Waals surface area (Å²) in [7, 11) is 0.967. The molecule has 0 saturated carbocycles. The summed E-state index contributed by atoms with van der Waals surface area (Å²) >= 11 is 0. The highest BCUT2D eigenvalue weighted by Gasteiger charge is 2.19. The number of sulfonamides is 1. The smallest absolute Gasteiger partial charge is 0.208 e. The van der Waals surface area contributed by atoms with Gasteiger partial charge in [0, 0.05) is 18.7 Å². The summed E-state index contributed by atoms with van der Waals surface area (Å²) in [4.78, 5) is 2.17. The maximum Gasteiger partial charge on any atom is 0.208 e. The second-order valence-corrected chi connectivity index (χ2v) is 9.24. The van der Waals surface area contributed by atoms with Crippen molar-refractivity contribution in [1.82, 2.24) is 9.62 Å². The number of nitrogens with one attached hydrogen (secondary N) is 1. The molecule has 0 aromatic heterocycles.